The summed E-state index contributed by atoms with van der Waals surface area (Å²) in [6.45, 7) is -1.13. The number of amides is 4. The van der Waals surface area contributed by atoms with Gasteiger partial charge < -0.3 is 20.8 Å². The molecule has 12 nitrogen and oxygen atoms in total. The number of fused-ring (bicyclic) bond motifs is 1. The Morgan fingerprint density at radius 1 is 0.580 bits per heavy atom. The SMILES string of the molecule is O=C(CN1C(=O)C2=C(c3cccs3)N(CC(=O)N[C@@H](Cc3ccccc3)C(=O)O)C(=O)C2=C1c1cccs1)N[C@@H](Cc1ccccc1)C(=O)O. The van der Waals surface area contributed by atoms with Crippen molar-refractivity contribution in [1.29, 1.82) is 0 Å². The highest BCUT2D eigenvalue weighted by molar-refractivity contribution is 7.11. The lowest BCUT2D eigenvalue weighted by Gasteiger charge is -2.25. The molecule has 2 aliphatic rings. The van der Waals surface area contributed by atoms with Crippen molar-refractivity contribution in [3.63, 3.8) is 0 Å². The number of aliphatic carboxylic acids is 2. The molecule has 6 rings (SSSR count). The van der Waals surface area contributed by atoms with Gasteiger partial charge in [-0.3, -0.25) is 29.0 Å². The first kappa shape index (κ1) is 34.0. The third kappa shape index (κ3) is 7.11. The Morgan fingerprint density at radius 3 is 1.28 bits per heavy atom. The molecule has 50 heavy (non-hydrogen) atoms. The topological polar surface area (TPSA) is 173 Å². The molecule has 0 fully saturated rings. The van der Waals surface area contributed by atoms with Crippen molar-refractivity contribution >= 4 is 69.6 Å². The van der Waals surface area contributed by atoms with Gasteiger partial charge in [0.15, 0.2) is 0 Å². The van der Waals surface area contributed by atoms with Crippen LogP contribution in [0, 0.1) is 0 Å². The molecule has 0 unspecified atom stereocenters. The Hall–Kier alpha value is -5.86. The first-order valence-corrected chi connectivity index (χ1v) is 17.2. The minimum absolute atomic E-state index is 0.000379. The minimum Gasteiger partial charge on any atom is -0.480 e. The normalized spacial score (nSPS) is 15.3. The molecule has 0 saturated carbocycles. The highest BCUT2D eigenvalue weighted by Crippen LogP contribution is 2.47. The van der Waals surface area contributed by atoms with Crippen LogP contribution in [0.4, 0.5) is 0 Å². The number of hydrogen-bond acceptors (Lipinski definition) is 8. The average Bonchev–Trinajstić information content (AvgIpc) is 3.91. The fourth-order valence-electron chi connectivity index (χ4n) is 5.90. The molecule has 2 atom stereocenters. The summed E-state index contributed by atoms with van der Waals surface area (Å²) in [5.74, 6) is -5.30. The second-order valence-corrected chi connectivity index (χ2v) is 13.4. The number of rotatable bonds is 14. The third-order valence-corrected chi connectivity index (χ3v) is 9.88. The van der Waals surface area contributed by atoms with E-state index in [0.717, 1.165) is 9.80 Å². The van der Waals surface area contributed by atoms with E-state index in [4.69, 9.17) is 0 Å². The summed E-state index contributed by atoms with van der Waals surface area (Å²) in [7, 11) is 0. The van der Waals surface area contributed by atoms with Gasteiger partial charge in [0.1, 0.15) is 25.2 Å². The fourth-order valence-corrected chi connectivity index (χ4v) is 7.47. The molecule has 2 aliphatic heterocycles. The molecule has 2 aromatic carbocycles. The Labute approximate surface area is 294 Å². The van der Waals surface area contributed by atoms with Crippen molar-refractivity contribution in [3.05, 3.63) is 128 Å². The molecule has 4 heterocycles. The predicted molar refractivity (Wildman–Crippen MR) is 185 cm³/mol. The van der Waals surface area contributed by atoms with Crippen LogP contribution in [0.2, 0.25) is 0 Å². The van der Waals surface area contributed by atoms with Gasteiger partial charge in [0.25, 0.3) is 11.8 Å². The summed E-state index contributed by atoms with van der Waals surface area (Å²) in [5.41, 5.74) is 1.73. The van der Waals surface area contributed by atoms with Crippen molar-refractivity contribution < 1.29 is 39.0 Å². The number of carbonyl (C=O) groups excluding carboxylic acids is 4. The van der Waals surface area contributed by atoms with Gasteiger partial charge >= 0.3 is 11.9 Å². The van der Waals surface area contributed by atoms with Crippen LogP contribution >= 0.6 is 22.7 Å². The Balaban J connectivity index is 1.30. The maximum absolute atomic E-state index is 14.3. The second-order valence-electron chi connectivity index (χ2n) is 11.5. The van der Waals surface area contributed by atoms with Crippen molar-refractivity contribution in [2.75, 3.05) is 13.1 Å². The number of carboxylic acids is 2. The number of thiophene rings is 2. The fraction of sp³-hybridized carbons (Fsp3) is 0.167. The predicted octanol–water partition coefficient (Wildman–Crippen LogP) is 3.24. The van der Waals surface area contributed by atoms with Gasteiger partial charge in [-0.05, 0) is 34.0 Å². The number of benzene rings is 2. The highest BCUT2D eigenvalue weighted by Gasteiger charge is 2.50. The van der Waals surface area contributed by atoms with E-state index in [-0.39, 0.29) is 35.4 Å². The summed E-state index contributed by atoms with van der Waals surface area (Å²) in [6.07, 6.45) is 0.0397. The van der Waals surface area contributed by atoms with Gasteiger partial charge in [0, 0.05) is 12.8 Å². The first-order valence-electron chi connectivity index (χ1n) is 15.4. The summed E-state index contributed by atoms with van der Waals surface area (Å²) < 4.78 is 0. The van der Waals surface area contributed by atoms with E-state index in [1.54, 1.807) is 95.7 Å². The standard InChI is InChI=1S/C36H30N4O8S2/c41-27(37-23(35(45)46)17-21-9-3-1-4-10-21)19-39-31(25-13-7-15-49-25)29-30(33(39)43)32(26-14-8-16-50-26)40(34(29)44)20-28(42)38-24(36(47)48)18-22-11-5-2-6-12-22/h1-16,23-24H,17-20H2,(H,37,41)(H,38,42)(H,45,46)(H,47,48)/t23-,24-/m0/s1. The number of hydrogen-bond donors (Lipinski definition) is 4. The number of nitrogens with zero attached hydrogens (tertiary/aromatic N) is 2. The van der Waals surface area contributed by atoms with E-state index >= 15 is 0 Å². The molecule has 0 aliphatic carbocycles. The van der Waals surface area contributed by atoms with Crippen molar-refractivity contribution in [1.82, 2.24) is 20.4 Å². The van der Waals surface area contributed by atoms with Gasteiger partial charge in [0.2, 0.25) is 11.8 Å². The van der Waals surface area contributed by atoms with Crippen molar-refractivity contribution in [2.45, 2.75) is 24.9 Å². The molecule has 4 amide bonds. The van der Waals surface area contributed by atoms with Crippen LogP contribution in [0.15, 0.2) is 107 Å². The molecular formula is C36H30N4O8S2. The molecule has 0 saturated heterocycles. The second kappa shape index (κ2) is 14.7. The summed E-state index contributed by atoms with van der Waals surface area (Å²) in [6, 6.07) is 21.9. The molecule has 4 aromatic rings. The van der Waals surface area contributed by atoms with E-state index in [2.05, 4.69) is 10.6 Å². The first-order chi connectivity index (χ1) is 24.1. The van der Waals surface area contributed by atoms with Crippen LogP contribution in [-0.2, 0) is 41.6 Å². The lowest BCUT2D eigenvalue weighted by Crippen LogP contribution is -2.47. The average molecular weight is 711 g/mol. The number of nitrogens with one attached hydrogen (secondary N) is 2. The lowest BCUT2D eigenvalue weighted by molar-refractivity contribution is -0.142. The molecule has 0 bridgehead atoms. The van der Waals surface area contributed by atoms with E-state index in [1.165, 1.54) is 22.7 Å². The maximum Gasteiger partial charge on any atom is 0.326 e. The van der Waals surface area contributed by atoms with E-state index < -0.39 is 60.7 Å². The monoisotopic (exact) mass is 710 g/mol. The molecular weight excluding hydrogens is 681 g/mol. The van der Waals surface area contributed by atoms with Crippen LogP contribution in [0.3, 0.4) is 0 Å². The van der Waals surface area contributed by atoms with E-state index in [9.17, 15) is 39.0 Å². The molecule has 2 aromatic heterocycles. The zero-order valence-corrected chi connectivity index (χ0v) is 27.9. The Bertz CT molecular complexity index is 1860. The third-order valence-electron chi connectivity index (χ3n) is 8.13. The van der Waals surface area contributed by atoms with Gasteiger partial charge in [-0.1, -0.05) is 72.8 Å². The minimum atomic E-state index is -1.27. The zero-order chi connectivity index (χ0) is 35.4. The van der Waals surface area contributed by atoms with E-state index in [1.807, 2.05) is 0 Å². The molecule has 14 heteroatoms. The Kier molecular flexibility index (Phi) is 10.0. The van der Waals surface area contributed by atoms with E-state index in [0.29, 0.717) is 20.9 Å². The van der Waals surface area contributed by atoms with Gasteiger partial charge in [-0.15, -0.1) is 22.7 Å². The van der Waals surface area contributed by atoms with Crippen LogP contribution in [0.1, 0.15) is 20.9 Å². The number of carboxylic acid groups (broad SMARTS) is 2. The smallest absolute Gasteiger partial charge is 0.326 e. The van der Waals surface area contributed by atoms with Crippen LogP contribution in [0.5, 0.6) is 0 Å². The van der Waals surface area contributed by atoms with Gasteiger partial charge in [0.05, 0.1) is 32.3 Å². The van der Waals surface area contributed by atoms with Crippen molar-refractivity contribution in [2.24, 2.45) is 0 Å². The Morgan fingerprint density at radius 2 is 0.960 bits per heavy atom. The molecule has 4 N–H and O–H groups in total. The zero-order valence-electron chi connectivity index (χ0n) is 26.3. The summed E-state index contributed by atoms with van der Waals surface area (Å²) in [5, 5.41) is 28.2. The molecule has 0 spiro atoms. The van der Waals surface area contributed by atoms with Gasteiger partial charge in [-0.2, -0.15) is 0 Å². The van der Waals surface area contributed by atoms with Crippen LogP contribution in [0.25, 0.3) is 11.4 Å². The van der Waals surface area contributed by atoms with Crippen LogP contribution in [-0.4, -0.2) is 80.8 Å². The molecule has 0 radical (unpaired) electrons. The quantitative estimate of drug-likeness (QED) is 0.154. The van der Waals surface area contributed by atoms with Crippen molar-refractivity contribution in [3.8, 4) is 0 Å². The van der Waals surface area contributed by atoms with Gasteiger partial charge in [-0.25, -0.2) is 9.59 Å². The summed E-state index contributed by atoms with van der Waals surface area (Å²) >= 11 is 2.48. The van der Waals surface area contributed by atoms with Crippen LogP contribution < -0.4 is 10.6 Å². The number of carbonyl (C=O) groups is 6. The largest absolute Gasteiger partial charge is 0.480 e. The highest BCUT2D eigenvalue weighted by atomic mass is 32.1. The summed E-state index contributed by atoms with van der Waals surface area (Å²) in [4.78, 5) is 82.8. The lowest BCUT2D eigenvalue weighted by atomic mass is 10.1. The molecule has 254 valence electrons. The maximum atomic E-state index is 14.3.